The van der Waals surface area contributed by atoms with E-state index in [1.165, 1.54) is 6.42 Å². The quantitative estimate of drug-likeness (QED) is 0.494. The maximum absolute atomic E-state index is 5.46. The summed E-state index contributed by atoms with van der Waals surface area (Å²) in [4.78, 5) is 0. The van der Waals surface area contributed by atoms with E-state index in [0.717, 1.165) is 38.8 Å². The Morgan fingerprint density at radius 1 is 0.778 bits per heavy atom. The van der Waals surface area contributed by atoms with E-state index in [-0.39, 0.29) is 0 Å². The van der Waals surface area contributed by atoms with Gasteiger partial charge in [0.05, 0.1) is 26.4 Å². The lowest BCUT2D eigenvalue weighted by atomic mass is 10.1. The highest BCUT2D eigenvalue weighted by molar-refractivity contribution is 4.51. The zero-order valence-corrected chi connectivity index (χ0v) is 12.6. The SMILES string of the molecule is CC(C)CCNCCOCCOCCNC(C)C. The maximum Gasteiger partial charge on any atom is 0.0701 e. The second-order valence-electron chi connectivity index (χ2n) is 5.27. The van der Waals surface area contributed by atoms with E-state index in [1.807, 2.05) is 0 Å². The summed E-state index contributed by atoms with van der Waals surface area (Å²) in [6.07, 6.45) is 1.23. The first-order valence-electron chi connectivity index (χ1n) is 7.22. The molecule has 0 atom stereocenters. The molecule has 0 radical (unpaired) electrons. The Balaban J connectivity index is 2.95. The Bertz CT molecular complexity index is 146. The molecule has 18 heavy (non-hydrogen) atoms. The third kappa shape index (κ3) is 15.8. The van der Waals surface area contributed by atoms with Gasteiger partial charge in [-0.1, -0.05) is 27.7 Å². The number of ether oxygens (including phenoxy) is 2. The standard InChI is InChI=1S/C14H32N2O2/c1-13(2)5-6-15-7-9-17-11-12-18-10-8-16-14(3)4/h13-16H,5-12H2,1-4H3. The second-order valence-corrected chi connectivity index (χ2v) is 5.27. The van der Waals surface area contributed by atoms with Crippen LogP contribution in [0.1, 0.15) is 34.1 Å². The van der Waals surface area contributed by atoms with Gasteiger partial charge in [-0.15, -0.1) is 0 Å². The van der Waals surface area contributed by atoms with Gasteiger partial charge in [0.15, 0.2) is 0 Å². The van der Waals surface area contributed by atoms with Crippen LogP contribution in [0.25, 0.3) is 0 Å². The largest absolute Gasteiger partial charge is 0.378 e. The van der Waals surface area contributed by atoms with Crippen LogP contribution in [-0.2, 0) is 9.47 Å². The molecular formula is C14H32N2O2. The van der Waals surface area contributed by atoms with Crippen molar-refractivity contribution in [3.63, 3.8) is 0 Å². The van der Waals surface area contributed by atoms with Gasteiger partial charge in [-0.25, -0.2) is 0 Å². The molecule has 110 valence electrons. The normalized spacial score (nSPS) is 11.7. The van der Waals surface area contributed by atoms with Crippen LogP contribution in [0.3, 0.4) is 0 Å². The fraction of sp³-hybridized carbons (Fsp3) is 1.00. The fourth-order valence-corrected chi connectivity index (χ4v) is 1.40. The van der Waals surface area contributed by atoms with Crippen LogP contribution in [0, 0.1) is 5.92 Å². The van der Waals surface area contributed by atoms with Gasteiger partial charge < -0.3 is 20.1 Å². The average molecular weight is 260 g/mol. The van der Waals surface area contributed by atoms with Crippen molar-refractivity contribution in [2.24, 2.45) is 5.92 Å². The summed E-state index contributed by atoms with van der Waals surface area (Å²) >= 11 is 0. The number of nitrogens with one attached hydrogen (secondary N) is 2. The zero-order chi connectivity index (χ0) is 13.6. The highest BCUT2D eigenvalue weighted by Gasteiger charge is 1.94. The zero-order valence-electron chi connectivity index (χ0n) is 12.6. The molecule has 0 aromatic carbocycles. The van der Waals surface area contributed by atoms with Gasteiger partial charge in [-0.2, -0.15) is 0 Å². The average Bonchev–Trinajstić information content (AvgIpc) is 2.29. The van der Waals surface area contributed by atoms with Crippen LogP contribution in [0.2, 0.25) is 0 Å². The van der Waals surface area contributed by atoms with Crippen LogP contribution in [0.4, 0.5) is 0 Å². The Hall–Kier alpha value is -0.160. The Morgan fingerprint density at radius 2 is 1.39 bits per heavy atom. The smallest absolute Gasteiger partial charge is 0.0701 e. The first-order chi connectivity index (χ1) is 8.63. The molecule has 0 amide bonds. The van der Waals surface area contributed by atoms with Gasteiger partial charge in [-0.05, 0) is 18.9 Å². The minimum atomic E-state index is 0.529. The molecule has 0 unspecified atom stereocenters. The summed E-state index contributed by atoms with van der Waals surface area (Å²) in [5.74, 6) is 0.770. The lowest BCUT2D eigenvalue weighted by Crippen LogP contribution is -2.27. The molecule has 0 aliphatic carbocycles. The van der Waals surface area contributed by atoms with Gasteiger partial charge in [0.25, 0.3) is 0 Å². The number of hydrogen-bond donors (Lipinski definition) is 2. The Kier molecular flexibility index (Phi) is 13.2. The summed E-state index contributed by atoms with van der Waals surface area (Å²) < 4.78 is 10.9. The predicted octanol–water partition coefficient (Wildman–Crippen LogP) is 1.65. The molecular weight excluding hydrogens is 228 g/mol. The van der Waals surface area contributed by atoms with Crippen molar-refractivity contribution >= 4 is 0 Å². The highest BCUT2D eigenvalue weighted by Crippen LogP contribution is 1.95. The Labute approximate surface area is 113 Å². The van der Waals surface area contributed by atoms with Crippen LogP contribution in [-0.4, -0.2) is 52.1 Å². The van der Waals surface area contributed by atoms with E-state index in [9.17, 15) is 0 Å². The predicted molar refractivity (Wildman–Crippen MR) is 77.1 cm³/mol. The maximum atomic E-state index is 5.46. The van der Waals surface area contributed by atoms with Crippen molar-refractivity contribution in [3.8, 4) is 0 Å². The first kappa shape index (κ1) is 17.8. The monoisotopic (exact) mass is 260 g/mol. The molecule has 0 aliphatic rings. The highest BCUT2D eigenvalue weighted by atomic mass is 16.5. The first-order valence-corrected chi connectivity index (χ1v) is 7.22. The van der Waals surface area contributed by atoms with Gasteiger partial charge in [-0.3, -0.25) is 0 Å². The van der Waals surface area contributed by atoms with Crippen molar-refractivity contribution in [1.29, 1.82) is 0 Å². The molecule has 0 fully saturated rings. The second kappa shape index (κ2) is 13.3. The van der Waals surface area contributed by atoms with E-state index in [4.69, 9.17) is 9.47 Å². The lowest BCUT2D eigenvalue weighted by molar-refractivity contribution is 0.0495. The van der Waals surface area contributed by atoms with Crippen molar-refractivity contribution in [3.05, 3.63) is 0 Å². The van der Waals surface area contributed by atoms with Crippen molar-refractivity contribution in [2.75, 3.05) is 46.1 Å². The molecule has 0 aromatic rings. The molecule has 0 spiro atoms. The summed E-state index contributed by atoms with van der Waals surface area (Å²) in [6, 6.07) is 0.529. The summed E-state index contributed by atoms with van der Waals surface area (Å²) in [5.41, 5.74) is 0. The summed E-state index contributed by atoms with van der Waals surface area (Å²) in [7, 11) is 0. The van der Waals surface area contributed by atoms with E-state index in [0.29, 0.717) is 19.3 Å². The summed E-state index contributed by atoms with van der Waals surface area (Å²) in [5, 5.41) is 6.67. The molecule has 2 N–H and O–H groups in total. The third-order valence-corrected chi connectivity index (χ3v) is 2.49. The molecule has 0 heterocycles. The van der Waals surface area contributed by atoms with Gasteiger partial charge in [0, 0.05) is 19.1 Å². The molecule has 0 saturated heterocycles. The van der Waals surface area contributed by atoms with Crippen molar-refractivity contribution in [1.82, 2.24) is 10.6 Å². The van der Waals surface area contributed by atoms with E-state index in [1.54, 1.807) is 0 Å². The number of rotatable bonds is 13. The third-order valence-electron chi connectivity index (χ3n) is 2.49. The minimum absolute atomic E-state index is 0.529. The van der Waals surface area contributed by atoms with E-state index >= 15 is 0 Å². The molecule has 0 rings (SSSR count). The van der Waals surface area contributed by atoms with Crippen LogP contribution in [0.15, 0.2) is 0 Å². The van der Waals surface area contributed by atoms with Crippen molar-refractivity contribution in [2.45, 2.75) is 40.2 Å². The molecule has 0 aliphatic heterocycles. The van der Waals surface area contributed by atoms with E-state index < -0.39 is 0 Å². The summed E-state index contributed by atoms with van der Waals surface area (Å²) in [6.45, 7) is 14.6. The van der Waals surface area contributed by atoms with Gasteiger partial charge in [0.2, 0.25) is 0 Å². The lowest BCUT2D eigenvalue weighted by Gasteiger charge is -2.09. The molecule has 4 heteroatoms. The van der Waals surface area contributed by atoms with Crippen LogP contribution in [0.5, 0.6) is 0 Å². The van der Waals surface area contributed by atoms with E-state index in [2.05, 4.69) is 38.3 Å². The molecule has 4 nitrogen and oxygen atoms in total. The molecule has 0 aromatic heterocycles. The van der Waals surface area contributed by atoms with Gasteiger partial charge in [0.1, 0.15) is 0 Å². The van der Waals surface area contributed by atoms with Crippen molar-refractivity contribution < 1.29 is 9.47 Å². The minimum Gasteiger partial charge on any atom is -0.378 e. The molecule has 0 saturated carbocycles. The Morgan fingerprint density at radius 3 is 1.94 bits per heavy atom. The topological polar surface area (TPSA) is 42.5 Å². The van der Waals surface area contributed by atoms with Crippen LogP contribution < -0.4 is 10.6 Å². The number of hydrogen-bond acceptors (Lipinski definition) is 4. The molecule has 0 bridgehead atoms. The van der Waals surface area contributed by atoms with Crippen LogP contribution >= 0.6 is 0 Å². The fourth-order valence-electron chi connectivity index (χ4n) is 1.40. The van der Waals surface area contributed by atoms with Gasteiger partial charge >= 0.3 is 0 Å².